The molecule has 3 aromatic rings. The summed E-state index contributed by atoms with van der Waals surface area (Å²) in [5, 5.41) is 3.22. The van der Waals surface area contributed by atoms with E-state index in [1.807, 2.05) is 13.8 Å². The Morgan fingerprint density at radius 3 is 2.29 bits per heavy atom. The van der Waals surface area contributed by atoms with Crippen molar-refractivity contribution in [1.29, 1.82) is 0 Å². The van der Waals surface area contributed by atoms with Gasteiger partial charge in [0.15, 0.2) is 11.6 Å². The number of hydrogen-bond donors (Lipinski definition) is 2. The van der Waals surface area contributed by atoms with Crippen molar-refractivity contribution < 1.29 is 8.42 Å². The molecule has 8 nitrogen and oxygen atoms in total. The molecule has 0 radical (unpaired) electrons. The second-order valence-electron chi connectivity index (χ2n) is 8.82. The highest BCUT2D eigenvalue weighted by molar-refractivity contribution is 7.89. The van der Waals surface area contributed by atoms with Crippen molar-refractivity contribution in [3.05, 3.63) is 66.5 Å². The first-order valence-corrected chi connectivity index (χ1v) is 13.6. The molecule has 0 bridgehead atoms. The molecular weight excluding hydrogens is 460 g/mol. The Labute approximate surface area is 208 Å². The summed E-state index contributed by atoms with van der Waals surface area (Å²) in [5.41, 5.74) is 9.05. The molecule has 0 saturated carbocycles. The van der Waals surface area contributed by atoms with Gasteiger partial charge in [-0.15, -0.1) is 0 Å². The van der Waals surface area contributed by atoms with Crippen LogP contribution < -0.4 is 16.0 Å². The van der Waals surface area contributed by atoms with Crippen LogP contribution in [0.3, 0.4) is 0 Å². The number of nitrogens with zero attached hydrogens (tertiary/aromatic N) is 4. The lowest BCUT2D eigenvalue weighted by molar-refractivity contribution is 0.402. The van der Waals surface area contributed by atoms with Gasteiger partial charge >= 0.3 is 0 Å². The minimum Gasteiger partial charge on any atom is -0.393 e. The van der Waals surface area contributed by atoms with Gasteiger partial charge in [-0.2, -0.15) is 4.31 Å². The molecule has 3 N–H and O–H groups in total. The van der Waals surface area contributed by atoms with E-state index in [0.29, 0.717) is 36.2 Å². The van der Waals surface area contributed by atoms with Crippen molar-refractivity contribution >= 4 is 33.0 Å². The molecule has 0 unspecified atom stereocenters. The molecule has 1 saturated heterocycles. The van der Waals surface area contributed by atoms with Crippen molar-refractivity contribution in [2.24, 2.45) is 5.92 Å². The first-order chi connectivity index (χ1) is 16.9. The fourth-order valence-electron chi connectivity index (χ4n) is 4.59. The molecule has 1 aliphatic rings. The summed E-state index contributed by atoms with van der Waals surface area (Å²) in [4.78, 5) is 11.3. The number of nitrogens with one attached hydrogen (secondary N) is 1. The lowest BCUT2D eigenvalue weighted by Crippen LogP contribution is -2.35. The topological polar surface area (TPSA) is 104 Å². The van der Waals surface area contributed by atoms with Gasteiger partial charge in [0, 0.05) is 31.9 Å². The third-order valence-electron chi connectivity index (χ3n) is 6.60. The molecule has 1 fully saturated rings. The third kappa shape index (κ3) is 5.74. The molecule has 35 heavy (non-hydrogen) atoms. The maximum Gasteiger partial charge on any atom is 0.243 e. The molecule has 2 aromatic carbocycles. The minimum absolute atomic E-state index is 0.265. The number of aromatic nitrogens is 2. The zero-order valence-corrected chi connectivity index (χ0v) is 21.2. The van der Waals surface area contributed by atoms with Crippen LogP contribution in [-0.2, 0) is 16.4 Å². The fraction of sp³-hybridized carbons (Fsp3) is 0.385. The largest absolute Gasteiger partial charge is 0.393 e. The maximum atomic E-state index is 12.7. The fourth-order valence-corrected chi connectivity index (χ4v) is 6.05. The van der Waals surface area contributed by atoms with Gasteiger partial charge in [-0.25, -0.2) is 18.4 Å². The smallest absolute Gasteiger partial charge is 0.243 e. The monoisotopic (exact) mass is 494 g/mol. The van der Waals surface area contributed by atoms with E-state index in [4.69, 9.17) is 5.73 Å². The van der Waals surface area contributed by atoms with E-state index in [1.165, 1.54) is 16.2 Å². The van der Waals surface area contributed by atoms with Crippen LogP contribution in [0.1, 0.15) is 32.3 Å². The summed E-state index contributed by atoms with van der Waals surface area (Å²) in [7, 11) is -3.50. The zero-order chi connectivity index (χ0) is 24.8. The quantitative estimate of drug-likeness (QED) is 0.457. The predicted molar refractivity (Wildman–Crippen MR) is 141 cm³/mol. The molecule has 0 amide bonds. The Morgan fingerprint density at radius 2 is 1.66 bits per heavy atom. The van der Waals surface area contributed by atoms with Gasteiger partial charge in [-0.3, -0.25) is 0 Å². The summed E-state index contributed by atoms with van der Waals surface area (Å²) in [5.74, 6) is 1.91. The van der Waals surface area contributed by atoms with Crippen LogP contribution >= 0.6 is 0 Å². The molecule has 2 heterocycles. The Morgan fingerprint density at radius 1 is 1.00 bits per heavy atom. The van der Waals surface area contributed by atoms with Crippen molar-refractivity contribution in [3.63, 3.8) is 0 Å². The molecule has 1 aliphatic heterocycles. The predicted octanol–water partition coefficient (Wildman–Crippen LogP) is 4.29. The van der Waals surface area contributed by atoms with E-state index < -0.39 is 10.0 Å². The molecule has 0 aliphatic carbocycles. The summed E-state index contributed by atoms with van der Waals surface area (Å²) in [6.45, 7) is 6.33. The van der Waals surface area contributed by atoms with E-state index >= 15 is 0 Å². The molecule has 186 valence electrons. The van der Waals surface area contributed by atoms with Crippen molar-refractivity contribution in [2.45, 2.75) is 38.0 Å². The normalized spacial score (nSPS) is 14.9. The second-order valence-corrected chi connectivity index (χ2v) is 10.8. The lowest BCUT2D eigenvalue weighted by atomic mass is 9.90. The number of benzene rings is 2. The van der Waals surface area contributed by atoms with Crippen molar-refractivity contribution in [1.82, 2.24) is 14.3 Å². The molecule has 0 atom stereocenters. The maximum absolute atomic E-state index is 12.7. The van der Waals surface area contributed by atoms with Gasteiger partial charge in [-0.1, -0.05) is 44.2 Å². The van der Waals surface area contributed by atoms with Gasteiger partial charge in [0.25, 0.3) is 0 Å². The Balaban J connectivity index is 1.42. The van der Waals surface area contributed by atoms with Crippen molar-refractivity contribution in [3.8, 4) is 0 Å². The van der Waals surface area contributed by atoms with Crippen LogP contribution in [0.4, 0.5) is 23.0 Å². The van der Waals surface area contributed by atoms with Crippen LogP contribution in [-0.4, -0.2) is 48.9 Å². The standard InChI is InChI=1S/C26H34N6O2S/c1-3-32(4-2)35(33,34)23-12-10-22(11-13-23)30-25-24(27)26(29-19-28-25)31-16-14-21(15-17-31)18-20-8-6-5-7-9-20/h5-13,19,21H,3-4,14-18,27H2,1-2H3,(H,28,29,30). The average molecular weight is 495 g/mol. The van der Waals surface area contributed by atoms with Crippen LogP contribution in [0.2, 0.25) is 0 Å². The third-order valence-corrected chi connectivity index (χ3v) is 8.67. The molecule has 4 rings (SSSR count). The van der Waals surface area contributed by atoms with Crippen LogP contribution in [0, 0.1) is 5.92 Å². The van der Waals surface area contributed by atoms with Crippen LogP contribution in [0.5, 0.6) is 0 Å². The highest BCUT2D eigenvalue weighted by atomic mass is 32.2. The highest BCUT2D eigenvalue weighted by Gasteiger charge is 2.24. The van der Waals surface area contributed by atoms with E-state index in [9.17, 15) is 8.42 Å². The van der Waals surface area contributed by atoms with Gasteiger partial charge in [0.2, 0.25) is 10.0 Å². The Hall–Kier alpha value is -3.17. The van der Waals surface area contributed by atoms with Gasteiger partial charge in [0.1, 0.15) is 12.0 Å². The van der Waals surface area contributed by atoms with Crippen molar-refractivity contribution in [2.75, 3.05) is 42.1 Å². The summed E-state index contributed by atoms with van der Waals surface area (Å²) < 4.78 is 26.9. The highest BCUT2D eigenvalue weighted by Crippen LogP contribution is 2.32. The molecule has 0 spiro atoms. The second kappa shape index (κ2) is 11.0. The Bertz CT molecular complexity index is 1210. The van der Waals surface area contributed by atoms with Gasteiger partial charge in [0.05, 0.1) is 4.90 Å². The zero-order valence-electron chi connectivity index (χ0n) is 20.4. The molecule has 9 heteroatoms. The lowest BCUT2D eigenvalue weighted by Gasteiger charge is -2.33. The van der Waals surface area contributed by atoms with E-state index in [0.717, 1.165) is 38.2 Å². The van der Waals surface area contributed by atoms with E-state index in [-0.39, 0.29) is 4.90 Å². The number of anilines is 4. The summed E-state index contributed by atoms with van der Waals surface area (Å²) >= 11 is 0. The number of sulfonamides is 1. The van der Waals surface area contributed by atoms with Crippen LogP contribution in [0.15, 0.2) is 65.8 Å². The Kier molecular flexibility index (Phi) is 7.87. The number of nitrogen functional groups attached to an aromatic ring is 1. The number of nitrogens with two attached hydrogens (primary N) is 1. The minimum atomic E-state index is -3.50. The summed E-state index contributed by atoms with van der Waals surface area (Å²) in [6.07, 6.45) is 4.79. The molecule has 1 aromatic heterocycles. The number of rotatable bonds is 9. The SMILES string of the molecule is CCN(CC)S(=O)(=O)c1ccc(Nc2ncnc(N3CCC(Cc4ccccc4)CC3)c2N)cc1. The van der Waals surface area contributed by atoms with E-state index in [2.05, 4.69) is 50.5 Å². The molecular formula is C26H34N6O2S. The number of hydrogen-bond acceptors (Lipinski definition) is 7. The van der Waals surface area contributed by atoms with Crippen LogP contribution in [0.25, 0.3) is 0 Å². The van der Waals surface area contributed by atoms with E-state index in [1.54, 1.807) is 24.3 Å². The number of piperidine rings is 1. The first kappa shape index (κ1) is 24.9. The first-order valence-electron chi connectivity index (χ1n) is 12.2. The van der Waals surface area contributed by atoms with Gasteiger partial charge < -0.3 is 16.0 Å². The average Bonchev–Trinajstić information content (AvgIpc) is 2.87. The van der Waals surface area contributed by atoms with Gasteiger partial charge in [-0.05, 0) is 55.0 Å². The summed E-state index contributed by atoms with van der Waals surface area (Å²) in [6, 6.07) is 17.3.